The van der Waals surface area contributed by atoms with E-state index in [-0.39, 0.29) is 0 Å². The van der Waals surface area contributed by atoms with Gasteiger partial charge in [0.15, 0.2) is 0 Å². The second-order valence-electron chi connectivity index (χ2n) is 14.0. The van der Waals surface area contributed by atoms with Crippen molar-refractivity contribution >= 4 is 65.2 Å². The van der Waals surface area contributed by atoms with Crippen LogP contribution in [0.3, 0.4) is 0 Å². The number of hydrogen-bond acceptors (Lipinski definition) is 1. The first-order chi connectivity index (χ1) is 25.8. The standard InChI is InChI=1S/C49H29N3/c1-2-11-33(12-3-1)51-44-17-9-8-16-37(44)40-26-31(19-23-45(40)51)32-20-24-46-41(27-32)39-21-18-30-10-4-5-13-34(30)49(39)52(46)47-25-22-38-35-14-6-7-15-36(35)42-28-50-29-43(47)48(38)42/h1-29H. The van der Waals surface area contributed by atoms with Gasteiger partial charge >= 0.3 is 0 Å². The Labute approximate surface area is 299 Å². The third-order valence-corrected chi connectivity index (χ3v) is 11.3. The second kappa shape index (κ2) is 10.3. The molecule has 3 aromatic heterocycles. The summed E-state index contributed by atoms with van der Waals surface area (Å²) >= 11 is 0. The molecule has 0 saturated carbocycles. The number of para-hydroxylation sites is 2. The van der Waals surface area contributed by atoms with Gasteiger partial charge in [-0.1, -0.05) is 115 Å². The van der Waals surface area contributed by atoms with Gasteiger partial charge in [0.1, 0.15) is 0 Å². The summed E-state index contributed by atoms with van der Waals surface area (Å²) in [7, 11) is 0. The molecule has 0 radical (unpaired) electrons. The van der Waals surface area contributed by atoms with E-state index in [9.17, 15) is 0 Å². The lowest BCUT2D eigenvalue weighted by atomic mass is 10.00. The van der Waals surface area contributed by atoms with E-state index in [0.717, 1.165) is 5.69 Å². The first kappa shape index (κ1) is 27.8. The molecule has 0 spiro atoms. The normalized spacial score (nSPS) is 12.2. The molecule has 0 amide bonds. The summed E-state index contributed by atoms with van der Waals surface area (Å²) in [4.78, 5) is 4.82. The van der Waals surface area contributed by atoms with Crippen molar-refractivity contribution in [2.24, 2.45) is 0 Å². The van der Waals surface area contributed by atoms with Crippen molar-refractivity contribution in [3.8, 4) is 44.8 Å². The highest BCUT2D eigenvalue weighted by Gasteiger charge is 2.25. The fourth-order valence-corrected chi connectivity index (χ4v) is 9.07. The minimum absolute atomic E-state index is 1.15. The van der Waals surface area contributed by atoms with Crippen molar-refractivity contribution in [2.45, 2.75) is 0 Å². The van der Waals surface area contributed by atoms with Crippen molar-refractivity contribution in [2.75, 3.05) is 0 Å². The first-order valence-corrected chi connectivity index (χ1v) is 17.9. The smallest absolute Gasteiger partial charge is 0.0619 e. The van der Waals surface area contributed by atoms with Crippen LogP contribution >= 0.6 is 0 Å². The molecule has 240 valence electrons. The van der Waals surface area contributed by atoms with Crippen LogP contribution in [0.5, 0.6) is 0 Å². The average molecular weight is 660 g/mol. The zero-order valence-electron chi connectivity index (χ0n) is 28.1. The quantitative estimate of drug-likeness (QED) is 0.185. The summed E-state index contributed by atoms with van der Waals surface area (Å²) in [6.45, 7) is 0. The topological polar surface area (TPSA) is 22.8 Å². The summed E-state index contributed by atoms with van der Waals surface area (Å²) in [6.07, 6.45) is 4.09. The molecule has 12 rings (SSSR count). The number of hydrogen-bond donors (Lipinski definition) is 0. The Kier molecular flexibility index (Phi) is 5.50. The second-order valence-corrected chi connectivity index (χ2v) is 14.0. The number of rotatable bonds is 3. The Morgan fingerprint density at radius 1 is 0.365 bits per heavy atom. The van der Waals surface area contributed by atoms with Crippen LogP contribution < -0.4 is 0 Å². The summed E-state index contributed by atoms with van der Waals surface area (Å²) in [5, 5.41) is 9.93. The minimum Gasteiger partial charge on any atom is -0.309 e. The average Bonchev–Trinajstić information content (AvgIpc) is 3.85. The van der Waals surface area contributed by atoms with Gasteiger partial charge in [-0.05, 0) is 81.7 Å². The third kappa shape index (κ3) is 3.66. The molecule has 0 N–H and O–H groups in total. The van der Waals surface area contributed by atoms with Crippen molar-refractivity contribution in [1.82, 2.24) is 14.1 Å². The molecular weight excluding hydrogens is 631 g/mol. The van der Waals surface area contributed by atoms with Crippen LogP contribution in [0.2, 0.25) is 0 Å². The maximum absolute atomic E-state index is 4.82. The Morgan fingerprint density at radius 2 is 1.02 bits per heavy atom. The maximum atomic E-state index is 4.82. The van der Waals surface area contributed by atoms with Gasteiger partial charge in [-0.15, -0.1) is 0 Å². The van der Waals surface area contributed by atoms with Crippen LogP contribution in [0.25, 0.3) is 110 Å². The van der Waals surface area contributed by atoms with E-state index in [1.165, 1.54) is 104 Å². The molecule has 3 heterocycles. The number of benzene rings is 8. The van der Waals surface area contributed by atoms with Crippen molar-refractivity contribution < 1.29 is 0 Å². The van der Waals surface area contributed by atoms with Gasteiger partial charge in [-0.2, -0.15) is 0 Å². The lowest BCUT2D eigenvalue weighted by Gasteiger charge is -2.14. The van der Waals surface area contributed by atoms with Gasteiger partial charge in [-0.3, -0.25) is 4.98 Å². The summed E-state index contributed by atoms with van der Waals surface area (Å²) in [5.41, 5.74) is 14.6. The first-order valence-electron chi connectivity index (χ1n) is 17.9. The molecule has 11 aromatic rings. The van der Waals surface area contributed by atoms with Crippen molar-refractivity contribution in [1.29, 1.82) is 0 Å². The van der Waals surface area contributed by atoms with Gasteiger partial charge in [0.05, 0.1) is 27.8 Å². The monoisotopic (exact) mass is 659 g/mol. The SMILES string of the molecule is c1ccc(-n2c3ccccc3c3cc(-c4ccc5c(c4)c4ccc6ccccc6c4n5-c4ccc5c6c(cncc46)-c4ccccc4-5)ccc32)cc1. The highest BCUT2D eigenvalue weighted by atomic mass is 15.0. The van der Waals surface area contributed by atoms with E-state index in [0.29, 0.717) is 0 Å². The zero-order valence-corrected chi connectivity index (χ0v) is 28.1. The van der Waals surface area contributed by atoms with Gasteiger partial charge in [-0.25, -0.2) is 0 Å². The Bertz CT molecular complexity index is 3260. The molecule has 0 bridgehead atoms. The number of aromatic nitrogens is 3. The molecule has 1 aliphatic carbocycles. The minimum atomic E-state index is 1.15. The fourth-order valence-electron chi connectivity index (χ4n) is 9.07. The molecule has 0 aliphatic heterocycles. The van der Waals surface area contributed by atoms with Crippen LogP contribution in [-0.4, -0.2) is 14.1 Å². The summed E-state index contributed by atoms with van der Waals surface area (Å²) in [6, 6.07) is 60.0. The molecule has 52 heavy (non-hydrogen) atoms. The Balaban J connectivity index is 1.12. The van der Waals surface area contributed by atoms with Gasteiger partial charge in [0.2, 0.25) is 0 Å². The number of fused-ring (bicyclic) bond motifs is 11. The van der Waals surface area contributed by atoms with Crippen LogP contribution in [-0.2, 0) is 0 Å². The fraction of sp³-hybridized carbons (Fsp3) is 0. The van der Waals surface area contributed by atoms with Crippen molar-refractivity contribution in [3.05, 3.63) is 176 Å². The van der Waals surface area contributed by atoms with Gasteiger partial charge < -0.3 is 9.13 Å². The maximum Gasteiger partial charge on any atom is 0.0619 e. The van der Waals surface area contributed by atoms with Gasteiger partial charge in [0.25, 0.3) is 0 Å². The molecule has 3 heteroatoms. The molecule has 8 aromatic carbocycles. The molecule has 0 fully saturated rings. The van der Waals surface area contributed by atoms with Crippen LogP contribution in [0.4, 0.5) is 0 Å². The largest absolute Gasteiger partial charge is 0.309 e. The van der Waals surface area contributed by atoms with Crippen LogP contribution in [0, 0.1) is 0 Å². The third-order valence-electron chi connectivity index (χ3n) is 11.3. The molecule has 3 nitrogen and oxygen atoms in total. The predicted octanol–water partition coefficient (Wildman–Crippen LogP) is 12.9. The lowest BCUT2D eigenvalue weighted by Crippen LogP contribution is -1.97. The highest BCUT2D eigenvalue weighted by molar-refractivity contribution is 6.22. The summed E-state index contributed by atoms with van der Waals surface area (Å²) in [5.74, 6) is 0. The number of pyridine rings is 1. The Hall–Kier alpha value is -6.97. The molecule has 0 atom stereocenters. The van der Waals surface area contributed by atoms with Crippen LogP contribution in [0.1, 0.15) is 0 Å². The van der Waals surface area contributed by atoms with E-state index in [1.54, 1.807) is 0 Å². The van der Waals surface area contributed by atoms with E-state index in [2.05, 4.69) is 179 Å². The summed E-state index contributed by atoms with van der Waals surface area (Å²) < 4.78 is 4.86. The van der Waals surface area contributed by atoms with E-state index < -0.39 is 0 Å². The van der Waals surface area contributed by atoms with Crippen LogP contribution in [0.15, 0.2) is 176 Å². The number of nitrogens with zero attached hydrogens (tertiary/aromatic N) is 3. The van der Waals surface area contributed by atoms with E-state index >= 15 is 0 Å². The molecule has 0 saturated heterocycles. The van der Waals surface area contributed by atoms with E-state index in [1.807, 2.05) is 6.20 Å². The zero-order chi connectivity index (χ0) is 33.9. The molecule has 0 unspecified atom stereocenters. The molecular formula is C49H29N3. The van der Waals surface area contributed by atoms with E-state index in [4.69, 9.17) is 4.98 Å². The highest BCUT2D eigenvalue weighted by Crippen LogP contribution is 2.49. The van der Waals surface area contributed by atoms with Crippen molar-refractivity contribution in [3.63, 3.8) is 0 Å². The Morgan fingerprint density at radius 3 is 1.85 bits per heavy atom. The lowest BCUT2D eigenvalue weighted by molar-refractivity contribution is 1.18. The molecule has 1 aliphatic rings. The predicted molar refractivity (Wildman–Crippen MR) is 218 cm³/mol. The van der Waals surface area contributed by atoms with Gasteiger partial charge in [0, 0.05) is 61.3 Å².